The van der Waals surface area contributed by atoms with Crippen molar-refractivity contribution in [2.24, 2.45) is 0 Å². The molecular formula is C21H21N3O3. The van der Waals surface area contributed by atoms with E-state index in [0.29, 0.717) is 37.4 Å². The lowest BCUT2D eigenvalue weighted by molar-refractivity contribution is -0.136. The normalized spacial score (nSPS) is 15.7. The lowest BCUT2D eigenvalue weighted by Gasteiger charge is -2.29. The summed E-state index contributed by atoms with van der Waals surface area (Å²) in [5, 5.41) is 5.78. The summed E-state index contributed by atoms with van der Waals surface area (Å²) < 4.78 is 5.28. The molecule has 2 aromatic carbocycles. The smallest absolute Gasteiger partial charge is 0.254 e. The second-order valence-electron chi connectivity index (χ2n) is 6.68. The molecule has 1 saturated heterocycles. The zero-order valence-electron chi connectivity index (χ0n) is 15.1. The third kappa shape index (κ3) is 3.36. The Labute approximate surface area is 157 Å². The van der Waals surface area contributed by atoms with Gasteiger partial charge in [-0.2, -0.15) is 0 Å². The number of ether oxygens (including phenoxy) is 1. The number of aromatic nitrogens is 1. The van der Waals surface area contributed by atoms with Crippen LogP contribution in [0.3, 0.4) is 0 Å². The van der Waals surface area contributed by atoms with Gasteiger partial charge in [0.25, 0.3) is 5.91 Å². The molecule has 3 aromatic rings. The fourth-order valence-corrected chi connectivity index (χ4v) is 3.50. The summed E-state index contributed by atoms with van der Waals surface area (Å²) in [4.78, 5) is 31.7. The topological polar surface area (TPSA) is 71.5 Å². The van der Waals surface area contributed by atoms with Crippen LogP contribution in [0.1, 0.15) is 17.3 Å². The zero-order chi connectivity index (χ0) is 18.8. The first-order valence-electron chi connectivity index (χ1n) is 9.09. The fourth-order valence-electron chi connectivity index (χ4n) is 3.50. The van der Waals surface area contributed by atoms with Gasteiger partial charge in [0.05, 0.1) is 24.3 Å². The molecule has 2 amide bonds. The van der Waals surface area contributed by atoms with Crippen molar-refractivity contribution in [3.63, 3.8) is 0 Å². The molecule has 6 nitrogen and oxygen atoms in total. The van der Waals surface area contributed by atoms with Crippen molar-refractivity contribution < 1.29 is 14.3 Å². The second kappa shape index (κ2) is 7.32. The molecule has 2 heterocycles. The van der Waals surface area contributed by atoms with Crippen molar-refractivity contribution in [3.05, 3.63) is 54.2 Å². The van der Waals surface area contributed by atoms with Gasteiger partial charge in [0.2, 0.25) is 5.91 Å². The number of hydrogen-bond donors (Lipinski definition) is 1. The Morgan fingerprint density at radius 3 is 2.67 bits per heavy atom. The third-order valence-electron chi connectivity index (χ3n) is 4.90. The van der Waals surface area contributed by atoms with Crippen molar-refractivity contribution in [3.8, 4) is 0 Å². The maximum atomic E-state index is 13.0. The van der Waals surface area contributed by atoms with Gasteiger partial charge in [-0.05, 0) is 29.8 Å². The van der Waals surface area contributed by atoms with Crippen LogP contribution >= 0.6 is 0 Å². The van der Waals surface area contributed by atoms with Crippen LogP contribution in [0.2, 0.25) is 0 Å². The Morgan fingerprint density at radius 1 is 1.11 bits per heavy atom. The Bertz CT molecular complexity index is 1010. The molecule has 1 aliphatic rings. The van der Waals surface area contributed by atoms with Crippen LogP contribution in [0, 0.1) is 0 Å². The van der Waals surface area contributed by atoms with E-state index in [2.05, 4.69) is 10.3 Å². The second-order valence-corrected chi connectivity index (χ2v) is 6.68. The maximum absolute atomic E-state index is 13.0. The summed E-state index contributed by atoms with van der Waals surface area (Å²) in [6, 6.07) is 13.0. The Balaban J connectivity index is 1.64. The van der Waals surface area contributed by atoms with E-state index < -0.39 is 6.04 Å². The van der Waals surface area contributed by atoms with Gasteiger partial charge in [-0.3, -0.25) is 14.6 Å². The first-order valence-corrected chi connectivity index (χ1v) is 9.09. The first-order chi connectivity index (χ1) is 13.1. The molecular weight excluding hydrogens is 342 g/mol. The van der Waals surface area contributed by atoms with E-state index in [9.17, 15) is 9.59 Å². The molecule has 0 bridgehead atoms. The van der Waals surface area contributed by atoms with Gasteiger partial charge >= 0.3 is 0 Å². The van der Waals surface area contributed by atoms with E-state index in [1.165, 1.54) is 0 Å². The summed E-state index contributed by atoms with van der Waals surface area (Å²) >= 11 is 0. The van der Waals surface area contributed by atoms with Gasteiger partial charge in [-0.1, -0.05) is 30.3 Å². The van der Waals surface area contributed by atoms with E-state index in [1.54, 1.807) is 18.0 Å². The summed E-state index contributed by atoms with van der Waals surface area (Å²) in [5.41, 5.74) is 1.12. The average molecular weight is 363 g/mol. The number of nitrogens with zero attached hydrogens (tertiary/aromatic N) is 2. The van der Waals surface area contributed by atoms with E-state index in [1.807, 2.05) is 42.5 Å². The van der Waals surface area contributed by atoms with Crippen molar-refractivity contribution >= 4 is 33.5 Å². The highest BCUT2D eigenvalue weighted by atomic mass is 16.5. The predicted octanol–water partition coefficient (Wildman–Crippen LogP) is 2.37. The van der Waals surface area contributed by atoms with Crippen molar-refractivity contribution in [1.29, 1.82) is 0 Å². The highest BCUT2D eigenvalue weighted by molar-refractivity contribution is 6.16. The minimum atomic E-state index is -0.610. The number of amides is 2. The Kier molecular flexibility index (Phi) is 4.73. The molecule has 138 valence electrons. The van der Waals surface area contributed by atoms with E-state index in [-0.39, 0.29) is 11.8 Å². The molecule has 0 saturated carbocycles. The van der Waals surface area contributed by atoms with Crippen LogP contribution in [0.15, 0.2) is 48.7 Å². The Hall–Kier alpha value is -2.99. The van der Waals surface area contributed by atoms with Crippen molar-refractivity contribution in [2.75, 3.05) is 26.3 Å². The number of carbonyl (C=O) groups is 2. The number of hydrogen-bond acceptors (Lipinski definition) is 4. The number of fused-ring (bicyclic) bond motifs is 3. The molecule has 1 aliphatic heterocycles. The average Bonchev–Trinajstić information content (AvgIpc) is 2.73. The molecule has 0 spiro atoms. The monoisotopic (exact) mass is 363 g/mol. The van der Waals surface area contributed by atoms with Crippen LogP contribution in [0.25, 0.3) is 21.7 Å². The van der Waals surface area contributed by atoms with Crippen LogP contribution in [-0.2, 0) is 9.53 Å². The summed E-state index contributed by atoms with van der Waals surface area (Å²) in [6.07, 6.45) is 1.68. The quantitative estimate of drug-likeness (QED) is 0.725. The number of benzene rings is 2. The highest BCUT2D eigenvalue weighted by Crippen LogP contribution is 2.27. The van der Waals surface area contributed by atoms with Crippen LogP contribution in [0.5, 0.6) is 0 Å². The molecule has 1 unspecified atom stereocenters. The van der Waals surface area contributed by atoms with E-state index in [0.717, 1.165) is 16.2 Å². The Morgan fingerprint density at radius 2 is 1.85 bits per heavy atom. The van der Waals surface area contributed by atoms with Crippen LogP contribution in [0.4, 0.5) is 0 Å². The first kappa shape index (κ1) is 17.4. The van der Waals surface area contributed by atoms with E-state index >= 15 is 0 Å². The summed E-state index contributed by atoms with van der Waals surface area (Å²) in [7, 11) is 0. The molecule has 1 fully saturated rings. The van der Waals surface area contributed by atoms with Crippen LogP contribution in [-0.4, -0.2) is 54.0 Å². The molecule has 1 atom stereocenters. The summed E-state index contributed by atoms with van der Waals surface area (Å²) in [5.74, 6) is -0.386. The maximum Gasteiger partial charge on any atom is 0.254 e. The van der Waals surface area contributed by atoms with Crippen molar-refractivity contribution in [1.82, 2.24) is 15.2 Å². The zero-order valence-corrected chi connectivity index (χ0v) is 15.1. The lowest BCUT2D eigenvalue weighted by atomic mass is 10.00. The SMILES string of the molecule is CC(NC(=O)c1cc2ccccc2c2cccnc12)C(=O)N1CCOCC1. The minimum absolute atomic E-state index is 0.0929. The number of nitrogens with one attached hydrogen (secondary N) is 1. The number of morpholine rings is 1. The number of carbonyl (C=O) groups excluding carboxylic acids is 2. The fraction of sp³-hybridized carbons (Fsp3) is 0.286. The summed E-state index contributed by atoms with van der Waals surface area (Å²) in [6.45, 7) is 3.89. The van der Waals surface area contributed by atoms with Crippen molar-refractivity contribution in [2.45, 2.75) is 13.0 Å². The largest absolute Gasteiger partial charge is 0.378 e. The predicted molar refractivity (Wildman–Crippen MR) is 104 cm³/mol. The van der Waals surface area contributed by atoms with Gasteiger partial charge in [-0.25, -0.2) is 0 Å². The molecule has 6 heteroatoms. The van der Waals surface area contributed by atoms with Gasteiger partial charge in [0.15, 0.2) is 0 Å². The molecule has 0 radical (unpaired) electrons. The molecule has 1 N–H and O–H groups in total. The van der Waals surface area contributed by atoms with Gasteiger partial charge in [0, 0.05) is 24.7 Å². The third-order valence-corrected chi connectivity index (χ3v) is 4.90. The van der Waals surface area contributed by atoms with Gasteiger partial charge < -0.3 is 15.0 Å². The molecule has 1 aromatic heterocycles. The molecule has 4 rings (SSSR count). The number of pyridine rings is 1. The highest BCUT2D eigenvalue weighted by Gasteiger charge is 2.25. The molecule has 0 aliphatic carbocycles. The molecule has 27 heavy (non-hydrogen) atoms. The number of rotatable bonds is 3. The lowest BCUT2D eigenvalue weighted by Crippen LogP contribution is -2.50. The van der Waals surface area contributed by atoms with Gasteiger partial charge in [0.1, 0.15) is 6.04 Å². The van der Waals surface area contributed by atoms with Gasteiger partial charge in [-0.15, -0.1) is 0 Å². The van der Waals surface area contributed by atoms with E-state index in [4.69, 9.17) is 4.74 Å². The minimum Gasteiger partial charge on any atom is -0.378 e. The van der Waals surface area contributed by atoms with Crippen LogP contribution < -0.4 is 5.32 Å². The standard InChI is InChI=1S/C21H21N3O3/c1-14(21(26)24-9-11-27-12-10-24)23-20(25)18-13-15-5-2-3-6-16(15)17-7-4-8-22-19(17)18/h2-8,13-14H,9-12H2,1H3,(H,23,25).